The first kappa shape index (κ1) is 15.2. The second-order valence-corrected chi connectivity index (χ2v) is 5.13. The van der Waals surface area contributed by atoms with E-state index in [1.807, 2.05) is 25.1 Å². The van der Waals surface area contributed by atoms with E-state index >= 15 is 0 Å². The largest absolute Gasteiger partial charge is 0.431 e. The van der Waals surface area contributed by atoms with Crippen LogP contribution in [0.25, 0.3) is 0 Å². The quantitative estimate of drug-likeness (QED) is 0.445. The molecule has 0 aliphatic heterocycles. The van der Waals surface area contributed by atoms with Gasteiger partial charge in [0.05, 0.1) is 0 Å². The van der Waals surface area contributed by atoms with Crippen LogP contribution in [0.15, 0.2) is 54.3 Å². The van der Waals surface area contributed by atoms with Crippen molar-refractivity contribution in [3.63, 3.8) is 0 Å². The van der Waals surface area contributed by atoms with Crippen LogP contribution in [0.2, 0.25) is 0 Å². The van der Waals surface area contributed by atoms with Crippen molar-refractivity contribution in [1.29, 1.82) is 0 Å². The van der Waals surface area contributed by atoms with Gasteiger partial charge in [0.2, 0.25) is 0 Å². The summed E-state index contributed by atoms with van der Waals surface area (Å²) in [6, 6.07) is 10.2. The maximum Gasteiger partial charge on any atom is 0.307 e. The third kappa shape index (κ3) is 3.82. The summed E-state index contributed by atoms with van der Waals surface area (Å²) in [5, 5.41) is 0. The molecule has 0 aliphatic rings. The Bertz CT molecular complexity index is 481. The zero-order chi connectivity index (χ0) is 14.5. The zero-order valence-electron chi connectivity index (χ0n) is 12.2. The molecule has 19 heavy (non-hydrogen) atoms. The van der Waals surface area contributed by atoms with Gasteiger partial charge in [0, 0.05) is 18.8 Å². The Hall–Kier alpha value is -1.83. The Labute approximate surface area is 115 Å². The van der Waals surface area contributed by atoms with Crippen LogP contribution in [-0.4, -0.2) is 5.97 Å². The van der Waals surface area contributed by atoms with Crippen LogP contribution in [0.4, 0.5) is 0 Å². The molecule has 0 unspecified atom stereocenters. The molecule has 0 amide bonds. The maximum absolute atomic E-state index is 11.2. The number of esters is 1. The average Bonchev–Trinajstić information content (AvgIpc) is 2.38. The average molecular weight is 258 g/mol. The minimum Gasteiger partial charge on any atom is -0.431 e. The summed E-state index contributed by atoms with van der Waals surface area (Å²) < 4.78 is 5.33. The van der Waals surface area contributed by atoms with Gasteiger partial charge in [0.15, 0.2) is 0 Å². The van der Waals surface area contributed by atoms with Crippen molar-refractivity contribution in [2.75, 3.05) is 0 Å². The highest BCUT2D eigenvalue weighted by Gasteiger charge is 2.26. The fraction of sp³-hybridized carbons (Fsp3) is 0.353. The topological polar surface area (TPSA) is 26.3 Å². The summed E-state index contributed by atoms with van der Waals surface area (Å²) in [5.74, 6) is 0.399. The molecule has 0 atom stereocenters. The molecule has 0 saturated heterocycles. The minimum absolute atomic E-state index is 0.185. The van der Waals surface area contributed by atoms with E-state index < -0.39 is 0 Å². The molecule has 0 spiro atoms. The molecule has 0 aliphatic carbocycles. The lowest BCUT2D eigenvalue weighted by atomic mass is 9.77. The first-order valence-electron chi connectivity index (χ1n) is 6.44. The molecule has 0 bridgehead atoms. The number of rotatable bonds is 5. The summed E-state index contributed by atoms with van der Waals surface area (Å²) in [6.07, 6.45) is 2.31. The van der Waals surface area contributed by atoms with Crippen molar-refractivity contribution in [3.8, 4) is 0 Å². The van der Waals surface area contributed by atoms with Crippen LogP contribution < -0.4 is 0 Å². The molecule has 0 N–H and O–H groups in total. The van der Waals surface area contributed by atoms with E-state index in [0.717, 1.165) is 5.57 Å². The van der Waals surface area contributed by atoms with Gasteiger partial charge in [-0.05, 0) is 18.1 Å². The molecule has 1 aromatic rings. The molecule has 1 rings (SSSR count). The van der Waals surface area contributed by atoms with Gasteiger partial charge >= 0.3 is 5.97 Å². The Morgan fingerprint density at radius 3 is 2.32 bits per heavy atom. The van der Waals surface area contributed by atoms with Gasteiger partial charge in [-0.3, -0.25) is 4.79 Å². The second-order valence-electron chi connectivity index (χ2n) is 5.13. The molecular formula is C17H22O2. The summed E-state index contributed by atoms with van der Waals surface area (Å²) >= 11 is 0. The van der Waals surface area contributed by atoms with Crippen LogP contribution in [0.5, 0.6) is 0 Å². The van der Waals surface area contributed by atoms with Gasteiger partial charge in [-0.2, -0.15) is 0 Å². The van der Waals surface area contributed by atoms with E-state index in [4.69, 9.17) is 4.74 Å². The van der Waals surface area contributed by atoms with Gasteiger partial charge in [-0.15, -0.1) is 6.58 Å². The minimum atomic E-state index is -0.292. The predicted octanol–water partition coefficient (Wildman–Crippen LogP) is 4.38. The van der Waals surface area contributed by atoms with Crippen molar-refractivity contribution < 1.29 is 9.53 Å². The lowest BCUT2D eigenvalue weighted by Crippen LogP contribution is -2.21. The number of allylic oxidation sites excluding steroid dienone is 2. The van der Waals surface area contributed by atoms with E-state index in [1.54, 1.807) is 6.08 Å². The number of ether oxygens (including phenoxy) is 1. The Morgan fingerprint density at radius 2 is 1.84 bits per heavy atom. The molecule has 0 heterocycles. The van der Waals surface area contributed by atoms with Crippen LogP contribution in [-0.2, 0) is 14.9 Å². The van der Waals surface area contributed by atoms with Crippen molar-refractivity contribution in [3.05, 3.63) is 59.9 Å². The molecule has 1 aromatic carbocycles. The normalized spacial score (nSPS) is 12.6. The fourth-order valence-electron chi connectivity index (χ4n) is 2.00. The van der Waals surface area contributed by atoms with Crippen molar-refractivity contribution in [2.24, 2.45) is 0 Å². The van der Waals surface area contributed by atoms with Crippen LogP contribution >= 0.6 is 0 Å². The molecule has 0 radical (unpaired) electrons. The molecule has 2 heteroatoms. The molecule has 0 saturated carbocycles. The van der Waals surface area contributed by atoms with Gasteiger partial charge in [-0.1, -0.05) is 50.3 Å². The van der Waals surface area contributed by atoms with Gasteiger partial charge in [0.25, 0.3) is 0 Å². The lowest BCUT2D eigenvalue weighted by Gasteiger charge is -2.28. The second kappa shape index (κ2) is 6.37. The van der Waals surface area contributed by atoms with Crippen molar-refractivity contribution >= 4 is 5.97 Å². The van der Waals surface area contributed by atoms with Crippen LogP contribution in [0.1, 0.15) is 39.7 Å². The van der Waals surface area contributed by atoms with Crippen molar-refractivity contribution in [2.45, 2.75) is 39.5 Å². The number of carbonyl (C=O) groups is 1. The zero-order valence-corrected chi connectivity index (χ0v) is 12.2. The van der Waals surface area contributed by atoms with Gasteiger partial charge in [0.1, 0.15) is 5.76 Å². The highest BCUT2D eigenvalue weighted by Crippen LogP contribution is 2.34. The number of hydrogen-bond acceptors (Lipinski definition) is 2. The summed E-state index contributed by atoms with van der Waals surface area (Å²) in [7, 11) is 0. The molecule has 102 valence electrons. The Balaban J connectivity index is 3.21. The molecule has 2 nitrogen and oxygen atoms in total. The summed E-state index contributed by atoms with van der Waals surface area (Å²) in [4.78, 5) is 11.2. The number of hydrogen-bond donors (Lipinski definition) is 0. The van der Waals surface area contributed by atoms with E-state index in [-0.39, 0.29) is 11.4 Å². The molecule has 0 fully saturated rings. The summed E-state index contributed by atoms with van der Waals surface area (Å²) in [6.45, 7) is 11.4. The van der Waals surface area contributed by atoms with Crippen molar-refractivity contribution in [1.82, 2.24) is 0 Å². The first-order valence-corrected chi connectivity index (χ1v) is 6.44. The van der Waals surface area contributed by atoms with E-state index in [9.17, 15) is 4.79 Å². The highest BCUT2D eigenvalue weighted by molar-refractivity contribution is 5.67. The van der Waals surface area contributed by atoms with Crippen LogP contribution in [0.3, 0.4) is 0 Å². The third-order valence-corrected chi connectivity index (χ3v) is 3.45. The van der Waals surface area contributed by atoms with E-state index in [1.165, 1.54) is 12.5 Å². The third-order valence-electron chi connectivity index (χ3n) is 3.45. The van der Waals surface area contributed by atoms with E-state index in [2.05, 4.69) is 32.6 Å². The van der Waals surface area contributed by atoms with Gasteiger partial charge in [-0.25, -0.2) is 0 Å². The highest BCUT2D eigenvalue weighted by atomic mass is 16.5. The number of carbonyl (C=O) groups excluding carboxylic acids is 1. The molecule has 0 aromatic heterocycles. The summed E-state index contributed by atoms with van der Waals surface area (Å²) in [5.41, 5.74) is 2.06. The standard InChI is InChI=1S/C17H22O2/c1-6-10-16(19-14(3)18)13(2)17(4,5)15-11-8-7-9-12-15/h6-9,11-12H,1,10H2,2-5H3/b16-13-. The molecular weight excluding hydrogens is 236 g/mol. The predicted molar refractivity (Wildman–Crippen MR) is 78.7 cm³/mol. The lowest BCUT2D eigenvalue weighted by molar-refractivity contribution is -0.137. The first-order chi connectivity index (χ1) is 8.89. The van der Waals surface area contributed by atoms with Crippen LogP contribution in [0, 0.1) is 0 Å². The SMILES string of the molecule is C=CC/C(OC(C)=O)=C(\C)C(C)(C)c1ccccc1. The monoisotopic (exact) mass is 258 g/mol. The smallest absolute Gasteiger partial charge is 0.307 e. The maximum atomic E-state index is 11.2. The number of benzene rings is 1. The van der Waals surface area contributed by atoms with Gasteiger partial charge < -0.3 is 4.74 Å². The van der Waals surface area contributed by atoms with E-state index in [0.29, 0.717) is 12.2 Å². The fourth-order valence-corrected chi connectivity index (χ4v) is 2.00. The Kier molecular flexibility index (Phi) is 5.11. The Morgan fingerprint density at radius 1 is 1.26 bits per heavy atom.